The lowest BCUT2D eigenvalue weighted by molar-refractivity contribution is 0.326. The second-order valence-electron chi connectivity index (χ2n) is 2.74. The molecule has 0 bridgehead atoms. The van der Waals surface area contributed by atoms with Crippen molar-refractivity contribution in [2.45, 2.75) is 6.92 Å². The van der Waals surface area contributed by atoms with Gasteiger partial charge in [0.1, 0.15) is 5.75 Å². The fourth-order valence-corrected chi connectivity index (χ4v) is 1.57. The minimum absolute atomic E-state index is 0.344. The molecule has 0 amide bonds. The van der Waals surface area contributed by atoms with Crippen molar-refractivity contribution < 1.29 is 4.74 Å². The summed E-state index contributed by atoms with van der Waals surface area (Å²) in [5.41, 5.74) is 9.21. The van der Waals surface area contributed by atoms with E-state index in [1.807, 2.05) is 25.1 Å². The van der Waals surface area contributed by atoms with E-state index in [0.29, 0.717) is 13.2 Å². The van der Waals surface area contributed by atoms with Gasteiger partial charge in [-0.15, -0.1) is 0 Å². The molecule has 5 heteroatoms. The summed E-state index contributed by atoms with van der Waals surface area (Å²) < 4.78 is 6.30. The van der Waals surface area contributed by atoms with E-state index in [1.165, 1.54) is 5.56 Å². The molecule has 0 radical (unpaired) electrons. The van der Waals surface area contributed by atoms with Gasteiger partial charge in [0.05, 0.1) is 17.6 Å². The number of ether oxygens (including phenoxy) is 1. The van der Waals surface area contributed by atoms with Crippen molar-refractivity contribution in [3.05, 3.63) is 38.7 Å². The number of azide groups is 1. The third-order valence-electron chi connectivity index (χ3n) is 1.60. The summed E-state index contributed by atoms with van der Waals surface area (Å²) in [6, 6.07) is 5.83. The first-order valence-electron chi connectivity index (χ1n) is 4.14. The first-order chi connectivity index (χ1) is 6.74. The van der Waals surface area contributed by atoms with Crippen molar-refractivity contribution in [1.29, 1.82) is 0 Å². The summed E-state index contributed by atoms with van der Waals surface area (Å²) in [6.07, 6.45) is 0. The van der Waals surface area contributed by atoms with E-state index in [2.05, 4.69) is 26.0 Å². The highest BCUT2D eigenvalue weighted by Crippen LogP contribution is 2.25. The molecule has 0 heterocycles. The molecule has 1 aromatic carbocycles. The van der Waals surface area contributed by atoms with Crippen LogP contribution in [0.5, 0.6) is 5.75 Å². The number of hydrogen-bond acceptors (Lipinski definition) is 2. The highest BCUT2D eigenvalue weighted by atomic mass is 79.9. The van der Waals surface area contributed by atoms with Crippen LogP contribution >= 0.6 is 15.9 Å². The third-order valence-corrected chi connectivity index (χ3v) is 2.22. The van der Waals surface area contributed by atoms with Crippen molar-refractivity contribution in [1.82, 2.24) is 0 Å². The van der Waals surface area contributed by atoms with Gasteiger partial charge in [-0.1, -0.05) is 11.2 Å². The molecular weight excluding hydrogens is 246 g/mol. The van der Waals surface area contributed by atoms with Crippen LogP contribution in [-0.2, 0) is 0 Å². The Balaban J connectivity index is 2.54. The number of aryl methyl sites for hydroxylation is 1. The smallest absolute Gasteiger partial charge is 0.133 e. The van der Waals surface area contributed by atoms with Gasteiger partial charge in [0.2, 0.25) is 0 Å². The van der Waals surface area contributed by atoms with E-state index in [0.717, 1.165) is 10.2 Å². The third kappa shape index (κ3) is 3.28. The number of rotatable bonds is 4. The van der Waals surface area contributed by atoms with Crippen LogP contribution in [-0.4, -0.2) is 13.2 Å². The predicted molar refractivity (Wildman–Crippen MR) is 58.4 cm³/mol. The molecule has 0 spiro atoms. The van der Waals surface area contributed by atoms with Gasteiger partial charge in [0, 0.05) is 4.91 Å². The minimum Gasteiger partial charge on any atom is -0.492 e. The van der Waals surface area contributed by atoms with Gasteiger partial charge >= 0.3 is 0 Å². The lowest BCUT2D eigenvalue weighted by Gasteiger charge is -2.06. The summed E-state index contributed by atoms with van der Waals surface area (Å²) in [6.45, 7) is 2.75. The van der Waals surface area contributed by atoms with Crippen LogP contribution in [0.25, 0.3) is 10.4 Å². The number of halogens is 1. The SMILES string of the molecule is Cc1ccc(OCCN=[N+]=[N-])c(Br)c1. The first kappa shape index (κ1) is 10.9. The fourth-order valence-electron chi connectivity index (χ4n) is 0.964. The van der Waals surface area contributed by atoms with Gasteiger partial charge < -0.3 is 4.74 Å². The van der Waals surface area contributed by atoms with Crippen LogP contribution in [0, 0.1) is 6.92 Å². The highest BCUT2D eigenvalue weighted by molar-refractivity contribution is 9.10. The maximum absolute atomic E-state index is 8.05. The first-order valence-corrected chi connectivity index (χ1v) is 4.93. The van der Waals surface area contributed by atoms with Gasteiger partial charge in [0.15, 0.2) is 0 Å². The van der Waals surface area contributed by atoms with Gasteiger partial charge in [-0.25, -0.2) is 0 Å². The van der Waals surface area contributed by atoms with Crippen molar-refractivity contribution in [2.24, 2.45) is 5.11 Å². The summed E-state index contributed by atoms with van der Waals surface area (Å²) in [5.74, 6) is 0.767. The molecule has 1 rings (SSSR count). The molecule has 0 aliphatic rings. The Morgan fingerprint density at radius 2 is 2.36 bits per heavy atom. The topological polar surface area (TPSA) is 58.0 Å². The molecule has 74 valence electrons. The molecule has 14 heavy (non-hydrogen) atoms. The fraction of sp³-hybridized carbons (Fsp3) is 0.333. The van der Waals surface area contributed by atoms with Crippen molar-refractivity contribution in [2.75, 3.05) is 13.2 Å². The van der Waals surface area contributed by atoms with Crippen LogP contribution in [0.1, 0.15) is 5.56 Å². The lowest BCUT2D eigenvalue weighted by Crippen LogP contribution is -2.00. The summed E-state index contributed by atoms with van der Waals surface area (Å²) in [5, 5.41) is 3.37. The van der Waals surface area contributed by atoms with Gasteiger partial charge in [-0.05, 0) is 46.1 Å². The van der Waals surface area contributed by atoms with Crippen LogP contribution in [0.4, 0.5) is 0 Å². The normalized spacial score (nSPS) is 9.29. The standard InChI is InChI=1S/C9H10BrN3O/c1-7-2-3-9(8(10)6-7)14-5-4-12-13-11/h2-3,6H,4-5H2,1H3. The minimum atomic E-state index is 0.344. The summed E-state index contributed by atoms with van der Waals surface area (Å²) in [7, 11) is 0. The van der Waals surface area contributed by atoms with Gasteiger partial charge in [-0.3, -0.25) is 0 Å². The molecule has 0 saturated heterocycles. The molecule has 0 fully saturated rings. The largest absolute Gasteiger partial charge is 0.492 e. The second kappa shape index (κ2) is 5.52. The van der Waals surface area contributed by atoms with Crippen molar-refractivity contribution in [3.8, 4) is 5.75 Å². The van der Waals surface area contributed by atoms with Crippen LogP contribution in [0.2, 0.25) is 0 Å². The Kier molecular flexibility index (Phi) is 4.29. The van der Waals surface area contributed by atoms with Gasteiger partial charge in [-0.2, -0.15) is 0 Å². The van der Waals surface area contributed by atoms with Crippen molar-refractivity contribution in [3.63, 3.8) is 0 Å². The second-order valence-corrected chi connectivity index (χ2v) is 3.59. The molecule has 0 aromatic heterocycles. The molecule has 4 nitrogen and oxygen atoms in total. The Morgan fingerprint density at radius 1 is 1.57 bits per heavy atom. The monoisotopic (exact) mass is 255 g/mol. The van der Waals surface area contributed by atoms with Crippen LogP contribution in [0.3, 0.4) is 0 Å². The van der Waals surface area contributed by atoms with Gasteiger partial charge in [0.25, 0.3) is 0 Å². The average molecular weight is 256 g/mol. The summed E-state index contributed by atoms with van der Waals surface area (Å²) in [4.78, 5) is 2.64. The predicted octanol–water partition coefficient (Wildman–Crippen LogP) is 3.45. The van der Waals surface area contributed by atoms with E-state index >= 15 is 0 Å². The van der Waals surface area contributed by atoms with Crippen molar-refractivity contribution >= 4 is 15.9 Å². The lowest BCUT2D eigenvalue weighted by atomic mass is 10.2. The maximum Gasteiger partial charge on any atom is 0.133 e. The molecule has 1 aromatic rings. The maximum atomic E-state index is 8.05. The Morgan fingerprint density at radius 3 is 3.00 bits per heavy atom. The number of nitrogens with zero attached hydrogens (tertiary/aromatic N) is 3. The number of hydrogen-bond donors (Lipinski definition) is 0. The van der Waals surface area contributed by atoms with Crippen LogP contribution in [0.15, 0.2) is 27.8 Å². The number of benzene rings is 1. The Bertz CT molecular complexity index is 361. The Hall–Kier alpha value is -1.19. The van der Waals surface area contributed by atoms with Crippen LogP contribution < -0.4 is 4.74 Å². The van der Waals surface area contributed by atoms with E-state index in [1.54, 1.807) is 0 Å². The van der Waals surface area contributed by atoms with E-state index in [9.17, 15) is 0 Å². The van der Waals surface area contributed by atoms with E-state index in [4.69, 9.17) is 10.3 Å². The average Bonchev–Trinajstić information content (AvgIpc) is 2.15. The zero-order valence-electron chi connectivity index (χ0n) is 7.77. The Labute approximate surface area is 90.6 Å². The molecule has 0 atom stereocenters. The molecule has 0 saturated carbocycles. The zero-order chi connectivity index (χ0) is 10.4. The molecule has 0 aliphatic carbocycles. The molecule has 0 aliphatic heterocycles. The quantitative estimate of drug-likeness (QED) is 0.352. The highest BCUT2D eigenvalue weighted by Gasteiger charge is 1.99. The molecular formula is C9H10BrN3O. The molecule has 0 unspecified atom stereocenters. The van der Waals surface area contributed by atoms with E-state index < -0.39 is 0 Å². The summed E-state index contributed by atoms with van der Waals surface area (Å²) >= 11 is 3.39. The molecule has 0 N–H and O–H groups in total. The zero-order valence-corrected chi connectivity index (χ0v) is 9.36. The van der Waals surface area contributed by atoms with E-state index in [-0.39, 0.29) is 0 Å².